The van der Waals surface area contributed by atoms with Gasteiger partial charge in [0.1, 0.15) is 5.03 Å². The molecule has 24 heavy (non-hydrogen) atoms. The van der Waals surface area contributed by atoms with E-state index in [1.807, 2.05) is 30.5 Å². The van der Waals surface area contributed by atoms with Crippen molar-refractivity contribution in [3.8, 4) is 0 Å². The van der Waals surface area contributed by atoms with Gasteiger partial charge in [0.2, 0.25) is 5.78 Å². The minimum absolute atomic E-state index is 0.240. The summed E-state index contributed by atoms with van der Waals surface area (Å²) in [5.74, 6) is -0.788. The first-order chi connectivity index (χ1) is 11.6. The number of H-pyrrole nitrogens is 1. The summed E-state index contributed by atoms with van der Waals surface area (Å²) in [6.07, 6.45) is 4.21. The third-order valence-electron chi connectivity index (χ3n) is 3.69. The number of hydrogen-bond acceptors (Lipinski definition) is 5. The number of hydrogen-bond donors (Lipinski definition) is 1. The Balaban J connectivity index is 1.80. The first kappa shape index (κ1) is 16.3. The first-order valence-electron chi connectivity index (χ1n) is 7.42. The van der Waals surface area contributed by atoms with E-state index in [2.05, 4.69) is 9.97 Å². The van der Waals surface area contributed by atoms with E-state index in [9.17, 15) is 9.59 Å². The van der Waals surface area contributed by atoms with Crippen LogP contribution in [0.15, 0.2) is 53.8 Å². The maximum absolute atomic E-state index is 12.6. The van der Waals surface area contributed by atoms with Gasteiger partial charge in [-0.25, -0.2) is 9.78 Å². The smallest absolute Gasteiger partial charge is 0.341 e. The van der Waals surface area contributed by atoms with Gasteiger partial charge in [-0.1, -0.05) is 18.2 Å². The van der Waals surface area contributed by atoms with Crippen LogP contribution in [0.1, 0.15) is 27.6 Å². The van der Waals surface area contributed by atoms with E-state index in [0.717, 1.165) is 10.9 Å². The number of aromatic amines is 1. The van der Waals surface area contributed by atoms with E-state index in [-0.39, 0.29) is 5.78 Å². The van der Waals surface area contributed by atoms with Gasteiger partial charge in [0, 0.05) is 28.9 Å². The number of esters is 1. The number of carbonyl (C=O) groups is 2. The zero-order valence-electron chi connectivity index (χ0n) is 13.3. The molecule has 2 heterocycles. The average molecular weight is 340 g/mol. The van der Waals surface area contributed by atoms with E-state index in [0.29, 0.717) is 16.2 Å². The second-order valence-electron chi connectivity index (χ2n) is 5.22. The molecule has 0 saturated heterocycles. The Labute approximate surface area is 143 Å². The molecule has 3 rings (SSSR count). The standard InChI is InChI=1S/C18H16N2O3S/c1-11(23-18(22)13-7-5-9-19-17(13)24-2)16(21)14-10-20-15-8-4-3-6-12(14)15/h3-11,20H,1-2H3/t11-/m0/s1. The predicted octanol–water partition coefficient (Wildman–Crippen LogP) is 3.71. The molecule has 0 saturated carbocycles. The number of Topliss-reactive ketones (excluding diaryl/α,β-unsaturated/α-hetero) is 1. The molecule has 1 atom stereocenters. The molecule has 0 aliphatic rings. The highest BCUT2D eigenvalue weighted by molar-refractivity contribution is 7.98. The van der Waals surface area contributed by atoms with E-state index in [4.69, 9.17) is 4.74 Å². The third-order valence-corrected chi connectivity index (χ3v) is 4.40. The predicted molar refractivity (Wildman–Crippen MR) is 93.5 cm³/mol. The van der Waals surface area contributed by atoms with Crippen LogP contribution < -0.4 is 0 Å². The van der Waals surface area contributed by atoms with Gasteiger partial charge in [0.15, 0.2) is 6.10 Å². The number of rotatable bonds is 5. The van der Waals surface area contributed by atoms with E-state index >= 15 is 0 Å². The van der Waals surface area contributed by atoms with E-state index in [1.165, 1.54) is 11.8 Å². The van der Waals surface area contributed by atoms with Crippen molar-refractivity contribution in [2.45, 2.75) is 18.1 Å². The summed E-state index contributed by atoms with van der Waals surface area (Å²) < 4.78 is 5.36. The maximum atomic E-state index is 12.6. The molecule has 0 spiro atoms. The number of ketones is 1. The number of fused-ring (bicyclic) bond motifs is 1. The molecule has 0 aliphatic carbocycles. The molecule has 5 nitrogen and oxygen atoms in total. The van der Waals surface area contributed by atoms with Crippen molar-refractivity contribution in [1.82, 2.24) is 9.97 Å². The highest BCUT2D eigenvalue weighted by atomic mass is 32.2. The molecule has 0 fully saturated rings. The summed E-state index contributed by atoms with van der Waals surface area (Å²) in [4.78, 5) is 32.1. The Morgan fingerprint density at radius 1 is 1.17 bits per heavy atom. The molecule has 122 valence electrons. The Hall–Kier alpha value is -2.60. The number of benzene rings is 1. The lowest BCUT2D eigenvalue weighted by Gasteiger charge is -2.13. The maximum Gasteiger partial charge on any atom is 0.341 e. The topological polar surface area (TPSA) is 72.0 Å². The molecular weight excluding hydrogens is 324 g/mol. The van der Waals surface area contributed by atoms with Gasteiger partial charge in [-0.15, -0.1) is 11.8 Å². The summed E-state index contributed by atoms with van der Waals surface area (Å²) in [7, 11) is 0. The number of carbonyl (C=O) groups excluding carboxylic acids is 2. The van der Waals surface area contributed by atoms with Gasteiger partial charge >= 0.3 is 5.97 Å². The highest BCUT2D eigenvalue weighted by Gasteiger charge is 2.24. The fourth-order valence-corrected chi connectivity index (χ4v) is 3.02. The third kappa shape index (κ3) is 3.05. The molecular formula is C18H16N2O3S. The van der Waals surface area contributed by atoms with Crippen LogP contribution in [0.3, 0.4) is 0 Å². The summed E-state index contributed by atoms with van der Waals surface area (Å²) in [6.45, 7) is 1.58. The lowest BCUT2D eigenvalue weighted by atomic mass is 10.1. The fourth-order valence-electron chi connectivity index (χ4n) is 2.48. The minimum Gasteiger partial charge on any atom is -0.451 e. The number of nitrogens with zero attached hydrogens (tertiary/aromatic N) is 1. The van der Waals surface area contributed by atoms with Crippen LogP contribution in [-0.2, 0) is 4.74 Å². The van der Waals surface area contributed by atoms with E-state index in [1.54, 1.807) is 31.5 Å². The Bertz CT molecular complexity index is 904. The SMILES string of the molecule is CSc1ncccc1C(=O)O[C@@H](C)C(=O)c1c[nH]c2ccccc12. The van der Waals surface area contributed by atoms with Crippen molar-refractivity contribution < 1.29 is 14.3 Å². The molecule has 1 aromatic carbocycles. The van der Waals surface area contributed by atoms with Crippen molar-refractivity contribution in [1.29, 1.82) is 0 Å². The monoisotopic (exact) mass is 340 g/mol. The zero-order valence-corrected chi connectivity index (χ0v) is 14.1. The van der Waals surface area contributed by atoms with Crippen LogP contribution in [0.4, 0.5) is 0 Å². The number of aromatic nitrogens is 2. The number of nitrogens with one attached hydrogen (secondary N) is 1. The number of para-hydroxylation sites is 1. The van der Waals surface area contributed by atoms with Crippen LogP contribution in [0.2, 0.25) is 0 Å². The Morgan fingerprint density at radius 3 is 2.75 bits per heavy atom. The van der Waals surface area contributed by atoms with Crippen LogP contribution in [0.25, 0.3) is 10.9 Å². The van der Waals surface area contributed by atoms with Crippen molar-refractivity contribution in [3.05, 3.63) is 59.9 Å². The number of ether oxygens (including phenoxy) is 1. The van der Waals surface area contributed by atoms with Gasteiger partial charge in [-0.3, -0.25) is 4.79 Å². The van der Waals surface area contributed by atoms with Crippen LogP contribution in [-0.4, -0.2) is 34.1 Å². The first-order valence-corrected chi connectivity index (χ1v) is 8.64. The van der Waals surface area contributed by atoms with Gasteiger partial charge < -0.3 is 9.72 Å². The second kappa shape index (κ2) is 6.88. The van der Waals surface area contributed by atoms with Crippen molar-refractivity contribution in [3.63, 3.8) is 0 Å². The summed E-state index contributed by atoms with van der Waals surface area (Å²) >= 11 is 1.36. The normalized spacial score (nSPS) is 12.1. The van der Waals surface area contributed by atoms with Gasteiger partial charge in [-0.05, 0) is 31.4 Å². The highest BCUT2D eigenvalue weighted by Crippen LogP contribution is 2.22. The molecule has 0 aliphatic heterocycles. The second-order valence-corrected chi connectivity index (χ2v) is 6.01. The Morgan fingerprint density at radius 2 is 1.96 bits per heavy atom. The van der Waals surface area contributed by atoms with Gasteiger partial charge in [-0.2, -0.15) is 0 Å². The zero-order chi connectivity index (χ0) is 17.1. The minimum atomic E-state index is -0.883. The number of pyridine rings is 1. The summed E-state index contributed by atoms with van der Waals surface area (Å²) in [5.41, 5.74) is 1.75. The average Bonchev–Trinajstić information content (AvgIpc) is 3.04. The largest absolute Gasteiger partial charge is 0.451 e. The molecule has 1 N–H and O–H groups in total. The lowest BCUT2D eigenvalue weighted by molar-refractivity contribution is 0.0315. The van der Waals surface area contributed by atoms with Gasteiger partial charge in [0.25, 0.3) is 0 Å². The molecule has 3 aromatic rings. The van der Waals surface area contributed by atoms with Gasteiger partial charge in [0.05, 0.1) is 5.56 Å². The molecule has 6 heteroatoms. The quantitative estimate of drug-likeness (QED) is 0.435. The van der Waals surface area contributed by atoms with Crippen molar-refractivity contribution in [2.24, 2.45) is 0 Å². The van der Waals surface area contributed by atoms with Crippen LogP contribution >= 0.6 is 11.8 Å². The summed E-state index contributed by atoms with van der Waals surface area (Å²) in [6, 6.07) is 10.8. The van der Waals surface area contributed by atoms with Crippen LogP contribution in [0, 0.1) is 0 Å². The van der Waals surface area contributed by atoms with Crippen molar-refractivity contribution >= 4 is 34.4 Å². The van der Waals surface area contributed by atoms with E-state index < -0.39 is 12.1 Å². The molecule has 0 bridgehead atoms. The van der Waals surface area contributed by atoms with Crippen LogP contribution in [0.5, 0.6) is 0 Å². The molecule has 0 amide bonds. The van der Waals surface area contributed by atoms with Crippen molar-refractivity contribution in [2.75, 3.05) is 6.26 Å². The molecule has 2 aromatic heterocycles. The summed E-state index contributed by atoms with van der Waals surface area (Å²) in [5, 5.41) is 1.39. The molecule has 0 radical (unpaired) electrons. The lowest BCUT2D eigenvalue weighted by Crippen LogP contribution is -2.24. The molecule has 0 unspecified atom stereocenters. The fraction of sp³-hybridized carbons (Fsp3) is 0.167. The Kier molecular flexibility index (Phi) is 4.66. The number of thioether (sulfide) groups is 1.